The molecule has 0 aliphatic carbocycles. The number of hydrogen-bond acceptors (Lipinski definition) is 5. The van der Waals surface area contributed by atoms with Crippen LogP contribution in [0.2, 0.25) is 5.02 Å². The molecule has 4 N–H and O–H groups in total. The van der Waals surface area contributed by atoms with Gasteiger partial charge in [0.1, 0.15) is 18.3 Å². The lowest BCUT2D eigenvalue weighted by Gasteiger charge is -2.42. The van der Waals surface area contributed by atoms with E-state index >= 15 is 0 Å². The lowest BCUT2D eigenvalue weighted by atomic mass is 9.66. The van der Waals surface area contributed by atoms with Gasteiger partial charge in [0.25, 0.3) is 0 Å². The number of thiocarbonyl (C=S) groups is 1. The van der Waals surface area contributed by atoms with Gasteiger partial charge in [-0.25, -0.2) is 0 Å². The SMILES string of the molecule is O[C@H]([C@H](O)[C@@H](O)C(Cc1ccccc1)(Cc1ccccc1)Cc1ccccc1)[C@H](O)C(=S)c1ccc(Cl)cc1. The smallest absolute Gasteiger partial charge is 0.118 e. The molecule has 39 heavy (non-hydrogen) atoms. The van der Waals surface area contributed by atoms with Gasteiger partial charge in [0, 0.05) is 10.4 Å². The summed E-state index contributed by atoms with van der Waals surface area (Å²) < 4.78 is 0. The van der Waals surface area contributed by atoms with Crippen LogP contribution >= 0.6 is 23.8 Å². The van der Waals surface area contributed by atoms with Crippen LogP contribution in [0.3, 0.4) is 0 Å². The molecule has 0 unspecified atom stereocenters. The molecule has 202 valence electrons. The third-order valence-corrected chi connectivity index (χ3v) is 7.95. The van der Waals surface area contributed by atoms with Crippen LogP contribution in [0.1, 0.15) is 22.3 Å². The van der Waals surface area contributed by atoms with E-state index in [4.69, 9.17) is 23.8 Å². The Kier molecular flexibility index (Phi) is 10.0. The van der Waals surface area contributed by atoms with Crippen LogP contribution in [-0.2, 0) is 19.3 Å². The van der Waals surface area contributed by atoms with Crippen LogP contribution in [0.5, 0.6) is 0 Å². The fourth-order valence-electron chi connectivity index (χ4n) is 5.18. The van der Waals surface area contributed by atoms with Crippen molar-refractivity contribution in [1.82, 2.24) is 0 Å². The van der Waals surface area contributed by atoms with Crippen LogP contribution in [0, 0.1) is 5.41 Å². The number of benzene rings is 4. The monoisotopic (exact) mass is 560 g/mol. The topological polar surface area (TPSA) is 80.9 Å². The molecule has 4 nitrogen and oxygen atoms in total. The van der Waals surface area contributed by atoms with E-state index in [2.05, 4.69) is 0 Å². The van der Waals surface area contributed by atoms with Gasteiger partial charge >= 0.3 is 0 Å². The van der Waals surface area contributed by atoms with Crippen LogP contribution in [-0.4, -0.2) is 49.7 Å². The maximum absolute atomic E-state index is 11.9. The predicted molar refractivity (Wildman–Crippen MR) is 160 cm³/mol. The molecule has 4 atom stereocenters. The van der Waals surface area contributed by atoms with Gasteiger partial charge in [0.2, 0.25) is 0 Å². The van der Waals surface area contributed by atoms with Crippen molar-refractivity contribution in [2.45, 2.75) is 43.7 Å². The van der Waals surface area contributed by atoms with Gasteiger partial charge in [-0.3, -0.25) is 0 Å². The van der Waals surface area contributed by atoms with Gasteiger partial charge in [0.05, 0.1) is 11.0 Å². The number of aliphatic hydroxyl groups excluding tert-OH is 4. The highest BCUT2D eigenvalue weighted by atomic mass is 35.5. The van der Waals surface area contributed by atoms with Gasteiger partial charge < -0.3 is 20.4 Å². The molecule has 0 saturated heterocycles. The summed E-state index contributed by atoms with van der Waals surface area (Å²) in [5, 5.41) is 46.0. The molecule has 6 heteroatoms. The molecule has 0 heterocycles. The summed E-state index contributed by atoms with van der Waals surface area (Å²) >= 11 is 11.4. The van der Waals surface area contributed by atoms with Gasteiger partial charge in [0.15, 0.2) is 0 Å². The summed E-state index contributed by atoms with van der Waals surface area (Å²) in [6, 6.07) is 36.0. The zero-order valence-electron chi connectivity index (χ0n) is 21.5. The lowest BCUT2D eigenvalue weighted by Crippen LogP contribution is -2.55. The quantitative estimate of drug-likeness (QED) is 0.141. The van der Waals surface area contributed by atoms with Crippen LogP contribution < -0.4 is 0 Å². The average Bonchev–Trinajstić information content (AvgIpc) is 2.97. The van der Waals surface area contributed by atoms with Crippen LogP contribution in [0.25, 0.3) is 0 Å². The van der Waals surface area contributed by atoms with Crippen molar-refractivity contribution in [2.24, 2.45) is 5.41 Å². The van der Waals surface area contributed by atoms with Gasteiger partial charge in [-0.1, -0.05) is 127 Å². The average molecular weight is 561 g/mol. The number of rotatable bonds is 12. The molecular formula is C33H33ClO4S. The van der Waals surface area contributed by atoms with E-state index in [1.807, 2.05) is 91.0 Å². The normalized spacial score (nSPS) is 14.8. The molecule has 0 spiro atoms. The third kappa shape index (κ3) is 7.40. The molecule has 0 bridgehead atoms. The fraction of sp³-hybridized carbons (Fsp3) is 0.242. The summed E-state index contributed by atoms with van der Waals surface area (Å²) in [5.41, 5.74) is 2.55. The van der Waals surface area contributed by atoms with E-state index in [0.717, 1.165) is 16.7 Å². The minimum Gasteiger partial charge on any atom is -0.390 e. The first-order chi connectivity index (χ1) is 18.8. The Bertz CT molecular complexity index is 1220. The highest BCUT2D eigenvalue weighted by Gasteiger charge is 2.46. The summed E-state index contributed by atoms with van der Waals surface area (Å²) in [6.45, 7) is 0. The summed E-state index contributed by atoms with van der Waals surface area (Å²) in [4.78, 5) is 0.0604. The molecular weight excluding hydrogens is 528 g/mol. The molecule has 0 aliphatic rings. The largest absolute Gasteiger partial charge is 0.390 e. The standard InChI is InChI=1S/C33H33ClO4S/c34-27-18-16-26(17-19-27)31(39)29(36)28(35)30(37)32(38)33(20-23-10-4-1-5-11-23,21-24-12-6-2-7-13-24)22-25-14-8-3-9-15-25/h1-19,28-30,32,35-38H,20-22H2/t28-,29-,30-,32+/m0/s1. The molecule has 0 aliphatic heterocycles. The Morgan fingerprint density at radius 2 is 0.974 bits per heavy atom. The van der Waals surface area contributed by atoms with E-state index in [1.165, 1.54) is 0 Å². The summed E-state index contributed by atoms with van der Waals surface area (Å²) in [5.74, 6) is 0. The van der Waals surface area contributed by atoms with E-state index in [-0.39, 0.29) is 4.86 Å². The minimum absolute atomic E-state index is 0.0604. The van der Waals surface area contributed by atoms with Crippen molar-refractivity contribution >= 4 is 28.7 Å². The lowest BCUT2D eigenvalue weighted by molar-refractivity contribution is -0.130. The van der Waals surface area contributed by atoms with Gasteiger partial charge in [-0.05, 0) is 53.6 Å². The summed E-state index contributed by atoms with van der Waals surface area (Å²) in [6.07, 6.45) is -5.09. The Morgan fingerprint density at radius 3 is 1.36 bits per heavy atom. The fourth-order valence-corrected chi connectivity index (χ4v) is 5.59. The highest BCUT2D eigenvalue weighted by Crippen LogP contribution is 2.38. The van der Waals surface area contributed by atoms with Crippen LogP contribution in [0.4, 0.5) is 0 Å². The second-order valence-corrected chi connectivity index (χ2v) is 11.0. The van der Waals surface area contributed by atoms with Crippen molar-refractivity contribution in [3.8, 4) is 0 Å². The van der Waals surface area contributed by atoms with E-state index in [9.17, 15) is 20.4 Å². The first kappa shape index (κ1) is 29.1. The first-order valence-corrected chi connectivity index (χ1v) is 13.7. The van der Waals surface area contributed by atoms with E-state index < -0.39 is 29.8 Å². The third-order valence-electron chi connectivity index (χ3n) is 7.22. The number of aliphatic hydroxyl groups is 4. The molecule has 4 aromatic rings. The predicted octanol–water partition coefficient (Wildman–Crippen LogP) is 5.22. The molecule has 0 amide bonds. The van der Waals surface area contributed by atoms with E-state index in [0.29, 0.717) is 29.8 Å². The summed E-state index contributed by atoms with van der Waals surface area (Å²) in [7, 11) is 0. The Morgan fingerprint density at radius 1 is 0.590 bits per heavy atom. The Balaban J connectivity index is 1.71. The second kappa shape index (κ2) is 13.4. The Hall–Kier alpha value is -2.90. The molecule has 0 aromatic heterocycles. The Labute approximate surface area is 240 Å². The number of hydrogen-bond donors (Lipinski definition) is 4. The van der Waals surface area contributed by atoms with Crippen molar-refractivity contribution in [2.75, 3.05) is 0 Å². The van der Waals surface area contributed by atoms with Crippen LogP contribution in [0.15, 0.2) is 115 Å². The molecule has 4 rings (SSSR count). The van der Waals surface area contributed by atoms with E-state index in [1.54, 1.807) is 24.3 Å². The number of halogens is 1. The maximum atomic E-state index is 11.9. The van der Waals surface area contributed by atoms with Crippen molar-refractivity contribution in [1.29, 1.82) is 0 Å². The highest BCUT2D eigenvalue weighted by molar-refractivity contribution is 7.81. The van der Waals surface area contributed by atoms with Crippen molar-refractivity contribution in [3.05, 3.63) is 143 Å². The van der Waals surface area contributed by atoms with Crippen molar-refractivity contribution in [3.63, 3.8) is 0 Å². The zero-order valence-corrected chi connectivity index (χ0v) is 23.0. The zero-order chi connectivity index (χ0) is 27.8. The molecule has 0 fully saturated rings. The van der Waals surface area contributed by atoms with Gasteiger partial charge in [-0.2, -0.15) is 0 Å². The molecule has 4 aromatic carbocycles. The molecule has 0 saturated carbocycles. The van der Waals surface area contributed by atoms with Crippen molar-refractivity contribution < 1.29 is 20.4 Å². The maximum Gasteiger partial charge on any atom is 0.118 e. The minimum atomic E-state index is -1.72. The molecule has 0 radical (unpaired) electrons. The van der Waals surface area contributed by atoms with Gasteiger partial charge in [-0.15, -0.1) is 0 Å². The first-order valence-electron chi connectivity index (χ1n) is 12.9. The second-order valence-electron chi connectivity index (χ2n) is 10.1.